The smallest absolute Gasteiger partial charge is 0.191 e. The average Bonchev–Trinajstić information content (AvgIpc) is 2.84. The molecule has 0 heterocycles. The summed E-state index contributed by atoms with van der Waals surface area (Å²) in [5, 5.41) is 7.43. The van der Waals surface area contributed by atoms with Crippen LogP contribution in [0.25, 0.3) is 0 Å². The molecular weight excluding hydrogens is 334 g/mol. The second-order valence-electron chi connectivity index (χ2n) is 5.90. The van der Waals surface area contributed by atoms with Gasteiger partial charge in [-0.3, -0.25) is 15.0 Å². The molecule has 0 radical (unpaired) electrons. The van der Waals surface area contributed by atoms with Crippen LogP contribution in [0.4, 0.5) is 5.69 Å². The van der Waals surface area contributed by atoms with Crippen LogP contribution in [-0.4, -0.2) is 22.4 Å². The minimum Gasteiger partial charge on any atom is -0.331 e. The number of Topliss-reactive ketones (excluding diaryl/α,β-unsaturated/α-hetero) is 2. The van der Waals surface area contributed by atoms with Crippen LogP contribution in [0.15, 0.2) is 53.6 Å². The van der Waals surface area contributed by atoms with Crippen molar-refractivity contribution in [3.05, 3.63) is 65.2 Å². The number of hydrogen-bond acceptors (Lipinski definition) is 4. The Morgan fingerprint density at radius 3 is 2.28 bits per heavy atom. The Morgan fingerprint density at radius 2 is 1.68 bits per heavy atom. The highest BCUT2D eigenvalue weighted by molar-refractivity contribution is 7.80. The number of ketones is 2. The van der Waals surface area contributed by atoms with Gasteiger partial charge in [-0.25, -0.2) is 0 Å². The van der Waals surface area contributed by atoms with Crippen molar-refractivity contribution < 1.29 is 9.59 Å². The molecule has 1 aliphatic carbocycles. The highest BCUT2D eigenvalue weighted by atomic mass is 32.1. The van der Waals surface area contributed by atoms with E-state index >= 15 is 0 Å². The summed E-state index contributed by atoms with van der Waals surface area (Å²) >= 11 is 5.20. The van der Waals surface area contributed by atoms with Gasteiger partial charge in [-0.05, 0) is 43.8 Å². The molecule has 0 bridgehead atoms. The van der Waals surface area contributed by atoms with Gasteiger partial charge in [0, 0.05) is 16.8 Å². The molecule has 126 valence electrons. The summed E-state index contributed by atoms with van der Waals surface area (Å²) in [4.78, 5) is 24.9. The lowest BCUT2D eigenvalue weighted by atomic mass is 9.99. The Balaban J connectivity index is 1.69. The highest BCUT2D eigenvalue weighted by Crippen LogP contribution is 2.27. The van der Waals surface area contributed by atoms with Crippen molar-refractivity contribution in [1.29, 1.82) is 0 Å². The highest BCUT2D eigenvalue weighted by Gasteiger charge is 2.40. The Bertz CT molecular complexity index is 870. The topological polar surface area (TPSA) is 70.6 Å². The lowest BCUT2D eigenvalue weighted by Gasteiger charge is -2.10. The predicted octanol–water partition coefficient (Wildman–Crippen LogP) is 3.35. The van der Waals surface area contributed by atoms with Gasteiger partial charge >= 0.3 is 0 Å². The van der Waals surface area contributed by atoms with E-state index < -0.39 is 5.92 Å². The van der Waals surface area contributed by atoms with Gasteiger partial charge in [-0.15, -0.1) is 0 Å². The van der Waals surface area contributed by atoms with Crippen LogP contribution in [0.2, 0.25) is 0 Å². The number of nitrogens with one attached hydrogen (secondary N) is 2. The molecule has 0 amide bonds. The third-order valence-corrected chi connectivity index (χ3v) is 4.20. The van der Waals surface area contributed by atoms with E-state index in [0.717, 1.165) is 11.3 Å². The monoisotopic (exact) mass is 351 g/mol. The van der Waals surface area contributed by atoms with Gasteiger partial charge in [0.15, 0.2) is 16.7 Å². The molecule has 25 heavy (non-hydrogen) atoms. The van der Waals surface area contributed by atoms with Gasteiger partial charge in [0.25, 0.3) is 0 Å². The van der Waals surface area contributed by atoms with Gasteiger partial charge in [0.2, 0.25) is 0 Å². The van der Waals surface area contributed by atoms with Gasteiger partial charge in [0.1, 0.15) is 5.92 Å². The van der Waals surface area contributed by atoms with Crippen molar-refractivity contribution in [1.82, 2.24) is 5.43 Å². The van der Waals surface area contributed by atoms with Gasteiger partial charge in [-0.2, -0.15) is 5.10 Å². The quantitative estimate of drug-likeness (QED) is 0.384. The second kappa shape index (κ2) is 6.94. The average molecular weight is 351 g/mol. The number of rotatable bonds is 3. The van der Waals surface area contributed by atoms with Crippen LogP contribution in [0.5, 0.6) is 0 Å². The number of fused-ring (bicyclic) bond motifs is 1. The lowest BCUT2D eigenvalue weighted by Crippen LogP contribution is -2.29. The van der Waals surface area contributed by atoms with Crippen molar-refractivity contribution in [2.24, 2.45) is 11.0 Å². The molecule has 0 spiro atoms. The number of nitrogens with zero attached hydrogens (tertiary/aromatic N) is 1. The maximum Gasteiger partial charge on any atom is 0.191 e. The first-order chi connectivity index (χ1) is 12.0. The Kier molecular flexibility index (Phi) is 4.72. The van der Waals surface area contributed by atoms with E-state index in [1.165, 1.54) is 0 Å². The van der Waals surface area contributed by atoms with Crippen LogP contribution >= 0.6 is 12.2 Å². The fraction of sp³-hybridized carbons (Fsp3) is 0.158. The summed E-state index contributed by atoms with van der Waals surface area (Å²) in [6, 6.07) is 14.6. The molecule has 1 aliphatic rings. The molecule has 0 atom stereocenters. The summed E-state index contributed by atoms with van der Waals surface area (Å²) in [6.45, 7) is 3.63. The Hall–Kier alpha value is -2.86. The zero-order chi connectivity index (χ0) is 18.0. The fourth-order valence-corrected chi connectivity index (χ4v) is 2.97. The second-order valence-corrected chi connectivity index (χ2v) is 6.30. The van der Waals surface area contributed by atoms with E-state index in [0.29, 0.717) is 22.0 Å². The fourth-order valence-electron chi connectivity index (χ4n) is 2.81. The summed E-state index contributed by atoms with van der Waals surface area (Å²) in [7, 11) is 0. The number of carbonyl (C=O) groups is 2. The number of thiocarbonyl (C=S) groups is 1. The number of carbonyl (C=O) groups excluding carboxylic acids is 2. The number of aryl methyl sites for hydroxylation is 1. The van der Waals surface area contributed by atoms with Crippen LogP contribution in [0.3, 0.4) is 0 Å². The van der Waals surface area contributed by atoms with E-state index in [-0.39, 0.29) is 11.6 Å². The number of hydrogen-bond donors (Lipinski definition) is 2. The molecule has 5 nitrogen and oxygen atoms in total. The number of anilines is 1. The van der Waals surface area contributed by atoms with Gasteiger partial charge in [-0.1, -0.05) is 36.4 Å². The molecule has 6 heteroatoms. The van der Waals surface area contributed by atoms with E-state index in [2.05, 4.69) is 15.8 Å². The summed E-state index contributed by atoms with van der Waals surface area (Å²) in [5.74, 6) is -1.32. The van der Waals surface area contributed by atoms with Gasteiger partial charge in [0.05, 0.1) is 5.71 Å². The zero-order valence-electron chi connectivity index (χ0n) is 13.9. The van der Waals surface area contributed by atoms with Crippen LogP contribution in [-0.2, 0) is 0 Å². The summed E-state index contributed by atoms with van der Waals surface area (Å²) in [5.41, 5.74) is 5.93. The van der Waals surface area contributed by atoms with Crippen LogP contribution < -0.4 is 10.7 Å². The largest absolute Gasteiger partial charge is 0.331 e. The van der Waals surface area contributed by atoms with Crippen LogP contribution in [0, 0.1) is 12.8 Å². The molecule has 0 aliphatic heterocycles. The molecule has 2 aromatic carbocycles. The molecule has 3 rings (SSSR count). The van der Waals surface area contributed by atoms with Crippen molar-refractivity contribution in [3.8, 4) is 0 Å². The molecular formula is C19H17N3O2S. The predicted molar refractivity (Wildman–Crippen MR) is 102 cm³/mol. The van der Waals surface area contributed by atoms with E-state index in [4.69, 9.17) is 12.2 Å². The van der Waals surface area contributed by atoms with Crippen molar-refractivity contribution in [2.75, 3.05) is 5.32 Å². The first-order valence-electron chi connectivity index (χ1n) is 7.82. The maximum atomic E-state index is 12.4. The first kappa shape index (κ1) is 17.0. The van der Waals surface area contributed by atoms with Gasteiger partial charge < -0.3 is 5.32 Å². The number of hydrazone groups is 1. The Morgan fingerprint density at radius 1 is 1.04 bits per heavy atom. The molecule has 2 aromatic rings. The Labute approximate surface area is 151 Å². The van der Waals surface area contributed by atoms with Crippen LogP contribution in [0.1, 0.15) is 33.2 Å². The summed E-state index contributed by atoms with van der Waals surface area (Å²) in [6.07, 6.45) is 0. The van der Waals surface area contributed by atoms with Crippen molar-refractivity contribution in [3.63, 3.8) is 0 Å². The normalized spacial score (nSPS) is 14.4. The molecule has 0 saturated carbocycles. The molecule has 0 unspecified atom stereocenters. The summed E-state index contributed by atoms with van der Waals surface area (Å²) < 4.78 is 0. The molecule has 0 aromatic heterocycles. The molecule has 0 saturated heterocycles. The van der Waals surface area contributed by atoms with E-state index in [9.17, 15) is 9.59 Å². The lowest BCUT2D eigenvalue weighted by molar-refractivity contribution is 0.0883. The van der Waals surface area contributed by atoms with E-state index in [1.807, 2.05) is 31.2 Å². The third-order valence-electron chi connectivity index (χ3n) is 4.01. The maximum absolute atomic E-state index is 12.4. The van der Waals surface area contributed by atoms with Crippen molar-refractivity contribution in [2.45, 2.75) is 13.8 Å². The minimum absolute atomic E-state index is 0.221. The minimum atomic E-state index is -0.883. The number of benzene rings is 2. The molecule has 2 N–H and O–H groups in total. The standard InChI is InChI=1S/C19H17N3O2S/c1-11-6-5-7-13(10-11)20-19(25)22-21-12(2)16-17(23)14-8-3-4-9-15(14)18(16)24/h3-10,16H,1-2H3,(H2,20,22,25)/b21-12-. The van der Waals surface area contributed by atoms with Crippen molar-refractivity contribution >= 4 is 40.3 Å². The van der Waals surface area contributed by atoms with E-state index in [1.54, 1.807) is 31.2 Å². The third kappa shape index (κ3) is 3.49. The molecule has 0 fully saturated rings. The SMILES string of the molecule is C/C(=N/NC(=S)Nc1cccc(C)c1)C1C(=O)c2ccccc2C1=O. The first-order valence-corrected chi connectivity index (χ1v) is 8.23. The zero-order valence-corrected chi connectivity index (χ0v) is 14.7.